The lowest BCUT2D eigenvalue weighted by Crippen LogP contribution is -2.50. The average Bonchev–Trinajstić information content (AvgIpc) is 2.90. The molecule has 0 aromatic carbocycles. The van der Waals surface area contributed by atoms with Crippen LogP contribution in [0.1, 0.15) is 34.7 Å². The van der Waals surface area contributed by atoms with Gasteiger partial charge in [0.25, 0.3) is 16.1 Å². The van der Waals surface area contributed by atoms with Crippen LogP contribution in [-0.4, -0.2) is 69.4 Å². The Balaban J connectivity index is 2.02. The second-order valence-electron chi connectivity index (χ2n) is 6.33. The molecule has 0 radical (unpaired) electrons. The maximum Gasteiger partial charge on any atom is 0.281 e. The van der Waals surface area contributed by atoms with Gasteiger partial charge in [-0.3, -0.25) is 4.79 Å². The van der Waals surface area contributed by atoms with Gasteiger partial charge in [0, 0.05) is 46.4 Å². The van der Waals surface area contributed by atoms with E-state index in [0.717, 1.165) is 0 Å². The summed E-state index contributed by atoms with van der Waals surface area (Å²) in [4.78, 5) is 12.3. The van der Waals surface area contributed by atoms with Crippen LogP contribution in [0.5, 0.6) is 0 Å². The standard InChI is InChI=1S/C16H27N3O5S/c1-12-11-15(13(2)24-12)16(20)17-7-8-19(25(21,22)18(3)4)14-5-9-23-10-6-14/h11,14H,5-10H2,1-4H3,(H,17,20). The lowest BCUT2D eigenvalue weighted by atomic mass is 10.1. The van der Waals surface area contributed by atoms with Crippen LogP contribution in [-0.2, 0) is 14.9 Å². The molecule has 0 bridgehead atoms. The maximum absolute atomic E-state index is 12.6. The third-order valence-corrected chi connectivity index (χ3v) is 6.26. The molecule has 1 aromatic rings. The van der Waals surface area contributed by atoms with Gasteiger partial charge in [0.05, 0.1) is 5.56 Å². The molecule has 0 spiro atoms. The van der Waals surface area contributed by atoms with Crippen LogP contribution >= 0.6 is 0 Å². The van der Waals surface area contributed by atoms with E-state index in [9.17, 15) is 13.2 Å². The number of nitrogens with one attached hydrogen (secondary N) is 1. The number of hydrogen-bond donors (Lipinski definition) is 1. The molecule has 0 aliphatic carbocycles. The fraction of sp³-hybridized carbons (Fsp3) is 0.688. The van der Waals surface area contributed by atoms with Crippen LogP contribution < -0.4 is 5.32 Å². The molecular formula is C16H27N3O5S. The van der Waals surface area contributed by atoms with Crippen molar-refractivity contribution >= 4 is 16.1 Å². The fourth-order valence-electron chi connectivity index (χ4n) is 2.90. The monoisotopic (exact) mass is 373 g/mol. The number of ether oxygens (including phenoxy) is 1. The number of carbonyl (C=O) groups is 1. The van der Waals surface area contributed by atoms with Crippen LogP contribution in [0.4, 0.5) is 0 Å². The highest BCUT2D eigenvalue weighted by atomic mass is 32.2. The summed E-state index contributed by atoms with van der Waals surface area (Å²) in [5.41, 5.74) is 0.477. The summed E-state index contributed by atoms with van der Waals surface area (Å²) in [7, 11) is -0.540. The quantitative estimate of drug-likeness (QED) is 0.767. The molecule has 1 aliphatic heterocycles. The maximum atomic E-state index is 12.6. The Kier molecular flexibility index (Phi) is 6.61. The van der Waals surface area contributed by atoms with E-state index in [1.807, 2.05) is 0 Å². The molecule has 2 heterocycles. The molecule has 8 nitrogen and oxygen atoms in total. The number of carbonyl (C=O) groups excluding carboxylic acids is 1. The highest BCUT2D eigenvalue weighted by Gasteiger charge is 2.32. The number of nitrogens with zero attached hydrogens (tertiary/aromatic N) is 2. The van der Waals surface area contributed by atoms with Crippen LogP contribution in [0.3, 0.4) is 0 Å². The number of rotatable bonds is 7. The number of amides is 1. The van der Waals surface area contributed by atoms with E-state index >= 15 is 0 Å². The molecule has 1 N–H and O–H groups in total. The lowest BCUT2D eigenvalue weighted by molar-refractivity contribution is 0.0571. The Bertz CT molecular complexity index is 693. The number of hydrogen-bond acceptors (Lipinski definition) is 5. The van der Waals surface area contributed by atoms with E-state index in [1.54, 1.807) is 19.9 Å². The minimum Gasteiger partial charge on any atom is -0.466 e. The topological polar surface area (TPSA) is 92.1 Å². The van der Waals surface area contributed by atoms with Crippen LogP contribution in [0.2, 0.25) is 0 Å². The lowest BCUT2D eigenvalue weighted by Gasteiger charge is -2.34. The van der Waals surface area contributed by atoms with Crippen molar-refractivity contribution < 1.29 is 22.4 Å². The molecule has 1 aliphatic rings. The largest absolute Gasteiger partial charge is 0.466 e. The van der Waals surface area contributed by atoms with Gasteiger partial charge in [0.1, 0.15) is 11.5 Å². The first kappa shape index (κ1) is 19.9. The molecule has 9 heteroatoms. The summed E-state index contributed by atoms with van der Waals surface area (Å²) in [5, 5.41) is 2.78. The average molecular weight is 373 g/mol. The molecule has 1 fully saturated rings. The molecule has 1 amide bonds. The highest BCUT2D eigenvalue weighted by Crippen LogP contribution is 2.19. The van der Waals surface area contributed by atoms with Gasteiger partial charge in [0.15, 0.2) is 0 Å². The van der Waals surface area contributed by atoms with Crippen molar-refractivity contribution in [3.05, 3.63) is 23.2 Å². The van der Waals surface area contributed by atoms with Crippen molar-refractivity contribution in [1.82, 2.24) is 13.9 Å². The Morgan fingerprint density at radius 3 is 2.44 bits per heavy atom. The zero-order chi connectivity index (χ0) is 18.6. The van der Waals surface area contributed by atoms with Gasteiger partial charge in [-0.1, -0.05) is 0 Å². The van der Waals surface area contributed by atoms with Gasteiger partial charge >= 0.3 is 0 Å². The molecule has 0 unspecified atom stereocenters. The summed E-state index contributed by atoms with van der Waals surface area (Å²) in [5.74, 6) is 0.961. The number of furan rings is 1. The first-order valence-corrected chi connectivity index (χ1v) is 9.75. The summed E-state index contributed by atoms with van der Waals surface area (Å²) in [6.45, 7) is 5.04. The van der Waals surface area contributed by atoms with E-state index in [4.69, 9.17) is 9.15 Å². The van der Waals surface area contributed by atoms with Crippen LogP contribution in [0.25, 0.3) is 0 Å². The van der Waals surface area contributed by atoms with Gasteiger partial charge in [-0.05, 0) is 32.8 Å². The van der Waals surface area contributed by atoms with Crippen molar-refractivity contribution in [3.63, 3.8) is 0 Å². The van der Waals surface area contributed by atoms with E-state index in [-0.39, 0.29) is 25.0 Å². The van der Waals surface area contributed by atoms with Gasteiger partial charge in [-0.25, -0.2) is 0 Å². The minimum atomic E-state index is -3.56. The first-order valence-electron chi connectivity index (χ1n) is 8.35. The predicted octanol–water partition coefficient (Wildman–Crippen LogP) is 0.914. The Morgan fingerprint density at radius 1 is 1.28 bits per heavy atom. The Morgan fingerprint density at radius 2 is 1.92 bits per heavy atom. The van der Waals surface area contributed by atoms with E-state index < -0.39 is 10.2 Å². The van der Waals surface area contributed by atoms with E-state index in [0.29, 0.717) is 43.1 Å². The van der Waals surface area contributed by atoms with Gasteiger partial charge in [-0.2, -0.15) is 17.0 Å². The summed E-state index contributed by atoms with van der Waals surface area (Å²) >= 11 is 0. The zero-order valence-corrected chi connectivity index (χ0v) is 16.1. The molecular weight excluding hydrogens is 346 g/mol. The van der Waals surface area contributed by atoms with E-state index in [1.165, 1.54) is 22.7 Å². The third kappa shape index (κ3) is 4.81. The Labute approximate surface area is 149 Å². The molecule has 142 valence electrons. The molecule has 0 atom stereocenters. The third-order valence-electron chi connectivity index (χ3n) is 4.26. The summed E-state index contributed by atoms with van der Waals surface area (Å²) < 4.78 is 38.6. The molecule has 2 rings (SSSR count). The van der Waals surface area contributed by atoms with Crippen molar-refractivity contribution in [2.75, 3.05) is 40.4 Å². The SMILES string of the molecule is Cc1cc(C(=O)NCCN(C2CCOCC2)S(=O)(=O)N(C)C)c(C)o1. The van der Waals surface area contributed by atoms with Crippen molar-refractivity contribution in [2.24, 2.45) is 0 Å². The van der Waals surface area contributed by atoms with E-state index in [2.05, 4.69) is 5.32 Å². The second-order valence-corrected chi connectivity index (χ2v) is 8.42. The Hall–Kier alpha value is -1.42. The molecule has 0 saturated carbocycles. The van der Waals surface area contributed by atoms with Crippen molar-refractivity contribution in [3.8, 4) is 0 Å². The predicted molar refractivity (Wildman–Crippen MR) is 93.7 cm³/mol. The number of aryl methyl sites for hydroxylation is 2. The zero-order valence-electron chi connectivity index (χ0n) is 15.2. The van der Waals surface area contributed by atoms with Gasteiger partial charge < -0.3 is 14.5 Å². The molecule has 1 aromatic heterocycles. The highest BCUT2D eigenvalue weighted by molar-refractivity contribution is 7.86. The summed E-state index contributed by atoms with van der Waals surface area (Å²) in [6, 6.07) is 1.56. The smallest absolute Gasteiger partial charge is 0.281 e. The normalized spacial score (nSPS) is 16.6. The van der Waals surface area contributed by atoms with Gasteiger partial charge in [0.2, 0.25) is 0 Å². The van der Waals surface area contributed by atoms with Gasteiger partial charge in [-0.15, -0.1) is 0 Å². The molecule has 1 saturated heterocycles. The first-order chi connectivity index (χ1) is 11.7. The minimum absolute atomic E-state index is 0.115. The van der Waals surface area contributed by atoms with Crippen molar-refractivity contribution in [2.45, 2.75) is 32.7 Å². The second kappa shape index (κ2) is 8.31. The molecule has 25 heavy (non-hydrogen) atoms. The fourth-order valence-corrected chi connectivity index (χ4v) is 4.23. The van der Waals surface area contributed by atoms with Crippen LogP contribution in [0.15, 0.2) is 10.5 Å². The van der Waals surface area contributed by atoms with Crippen molar-refractivity contribution in [1.29, 1.82) is 0 Å². The summed E-state index contributed by atoms with van der Waals surface area (Å²) in [6.07, 6.45) is 1.31. The van der Waals surface area contributed by atoms with Crippen LogP contribution in [0, 0.1) is 13.8 Å².